The smallest absolute Gasteiger partial charge is 0.233 e. The zero-order chi connectivity index (χ0) is 14.2. The van der Waals surface area contributed by atoms with Crippen molar-refractivity contribution < 1.29 is 9.59 Å². The molecule has 0 aromatic heterocycles. The summed E-state index contributed by atoms with van der Waals surface area (Å²) < 4.78 is 0. The summed E-state index contributed by atoms with van der Waals surface area (Å²) in [4.78, 5) is 26.8. The van der Waals surface area contributed by atoms with Crippen LogP contribution in [0.25, 0.3) is 0 Å². The van der Waals surface area contributed by atoms with Gasteiger partial charge in [-0.1, -0.05) is 27.2 Å². The monoisotopic (exact) mass is 266 g/mol. The number of imide groups is 1. The minimum Gasteiger partial charge on any atom is -0.328 e. The molecule has 108 valence electrons. The topological polar surface area (TPSA) is 63.4 Å². The van der Waals surface area contributed by atoms with Gasteiger partial charge in [-0.15, -0.1) is 0 Å². The lowest BCUT2D eigenvalue weighted by atomic mass is 9.90. The van der Waals surface area contributed by atoms with E-state index in [9.17, 15) is 9.59 Å². The van der Waals surface area contributed by atoms with Gasteiger partial charge in [-0.25, -0.2) is 0 Å². The number of hydrogen-bond acceptors (Lipinski definition) is 3. The van der Waals surface area contributed by atoms with E-state index >= 15 is 0 Å². The predicted molar refractivity (Wildman–Crippen MR) is 74.2 cm³/mol. The van der Waals surface area contributed by atoms with Gasteiger partial charge in [-0.3, -0.25) is 14.5 Å². The molecule has 1 saturated heterocycles. The zero-order valence-electron chi connectivity index (χ0n) is 12.3. The molecule has 4 heteroatoms. The van der Waals surface area contributed by atoms with E-state index in [1.165, 1.54) is 4.90 Å². The maximum Gasteiger partial charge on any atom is 0.233 e. The number of rotatable bonds is 5. The van der Waals surface area contributed by atoms with Crippen molar-refractivity contribution in [1.82, 2.24) is 4.90 Å². The third kappa shape index (κ3) is 2.00. The lowest BCUT2D eigenvalue weighted by Crippen LogP contribution is -2.56. The van der Waals surface area contributed by atoms with E-state index in [4.69, 9.17) is 5.73 Å². The Morgan fingerprint density at radius 1 is 1.11 bits per heavy atom. The predicted octanol–water partition coefficient (Wildman–Crippen LogP) is 1.93. The third-order valence-corrected chi connectivity index (χ3v) is 5.48. The molecule has 2 rings (SSSR count). The number of carbonyl (C=O) groups excluding carboxylic acids is 2. The van der Waals surface area contributed by atoms with Crippen LogP contribution < -0.4 is 5.73 Å². The van der Waals surface area contributed by atoms with Crippen LogP contribution in [0.3, 0.4) is 0 Å². The molecule has 19 heavy (non-hydrogen) atoms. The highest BCUT2D eigenvalue weighted by Gasteiger charge is 2.56. The van der Waals surface area contributed by atoms with Gasteiger partial charge in [-0.2, -0.15) is 0 Å². The van der Waals surface area contributed by atoms with E-state index in [0.717, 1.165) is 32.1 Å². The molecule has 2 aliphatic rings. The van der Waals surface area contributed by atoms with Crippen LogP contribution in [0.2, 0.25) is 0 Å². The SMILES string of the molecule is CCC1CC2C(=O)N(C(CC)(CC)CN)C(=O)C2C1. The van der Waals surface area contributed by atoms with Crippen molar-refractivity contribution in [2.45, 2.75) is 58.4 Å². The van der Waals surface area contributed by atoms with Crippen LogP contribution in [0.1, 0.15) is 52.9 Å². The highest BCUT2D eigenvalue weighted by Crippen LogP contribution is 2.46. The van der Waals surface area contributed by atoms with E-state index in [2.05, 4.69) is 6.92 Å². The van der Waals surface area contributed by atoms with Crippen molar-refractivity contribution in [3.8, 4) is 0 Å². The van der Waals surface area contributed by atoms with E-state index in [1.54, 1.807) is 0 Å². The zero-order valence-corrected chi connectivity index (χ0v) is 12.3. The van der Waals surface area contributed by atoms with Gasteiger partial charge in [0.2, 0.25) is 11.8 Å². The molecular weight excluding hydrogens is 240 g/mol. The van der Waals surface area contributed by atoms with Gasteiger partial charge >= 0.3 is 0 Å². The Bertz CT molecular complexity index is 344. The summed E-state index contributed by atoms with van der Waals surface area (Å²) >= 11 is 0. The number of likely N-dealkylation sites (tertiary alicyclic amines) is 1. The van der Waals surface area contributed by atoms with Crippen LogP contribution in [-0.2, 0) is 9.59 Å². The maximum atomic E-state index is 12.6. The number of carbonyl (C=O) groups is 2. The molecule has 2 unspecified atom stereocenters. The average molecular weight is 266 g/mol. The van der Waals surface area contributed by atoms with Crippen LogP contribution in [0.15, 0.2) is 0 Å². The number of nitrogens with two attached hydrogens (primary N) is 1. The Hall–Kier alpha value is -0.900. The summed E-state index contributed by atoms with van der Waals surface area (Å²) in [6.07, 6.45) is 4.33. The second-order valence-corrected chi connectivity index (χ2v) is 6.11. The minimum atomic E-state index is -0.458. The maximum absolute atomic E-state index is 12.6. The first-order valence-electron chi connectivity index (χ1n) is 7.62. The van der Waals surface area contributed by atoms with Crippen molar-refractivity contribution in [3.05, 3.63) is 0 Å². The molecule has 0 aromatic rings. The average Bonchev–Trinajstić information content (AvgIpc) is 2.96. The molecule has 1 saturated carbocycles. The Balaban J connectivity index is 2.27. The Morgan fingerprint density at radius 3 is 1.89 bits per heavy atom. The first-order chi connectivity index (χ1) is 9.04. The fourth-order valence-electron chi connectivity index (χ4n) is 3.88. The van der Waals surface area contributed by atoms with Crippen molar-refractivity contribution in [3.63, 3.8) is 0 Å². The number of amides is 2. The van der Waals surface area contributed by atoms with Crippen LogP contribution >= 0.6 is 0 Å². The lowest BCUT2D eigenvalue weighted by molar-refractivity contribution is -0.148. The van der Waals surface area contributed by atoms with Crippen LogP contribution in [-0.4, -0.2) is 28.8 Å². The lowest BCUT2D eigenvalue weighted by Gasteiger charge is -2.39. The van der Waals surface area contributed by atoms with Gasteiger partial charge in [0.25, 0.3) is 0 Å². The van der Waals surface area contributed by atoms with Crippen LogP contribution in [0.4, 0.5) is 0 Å². The largest absolute Gasteiger partial charge is 0.328 e. The first kappa shape index (κ1) is 14.5. The van der Waals surface area contributed by atoms with Crippen LogP contribution in [0, 0.1) is 17.8 Å². The van der Waals surface area contributed by atoms with Crippen molar-refractivity contribution in [2.24, 2.45) is 23.5 Å². The summed E-state index contributed by atoms with van der Waals surface area (Å²) in [5.41, 5.74) is 5.43. The molecule has 0 bridgehead atoms. The number of hydrogen-bond donors (Lipinski definition) is 1. The van der Waals surface area contributed by atoms with Gasteiger partial charge in [0.15, 0.2) is 0 Å². The standard InChI is InChI=1S/C15H26N2O2/c1-4-10-7-11-12(8-10)14(19)17(13(11)18)15(5-2,6-3)9-16/h10-12H,4-9,16H2,1-3H3. The molecular formula is C15H26N2O2. The Kier molecular flexibility index (Phi) is 4.00. The van der Waals surface area contributed by atoms with E-state index in [0.29, 0.717) is 12.5 Å². The molecule has 4 nitrogen and oxygen atoms in total. The summed E-state index contributed by atoms with van der Waals surface area (Å²) in [6.45, 7) is 6.54. The second-order valence-electron chi connectivity index (χ2n) is 6.11. The molecule has 0 aromatic carbocycles. The molecule has 1 aliphatic carbocycles. The fraction of sp³-hybridized carbons (Fsp3) is 0.867. The van der Waals surface area contributed by atoms with Crippen molar-refractivity contribution in [2.75, 3.05) is 6.54 Å². The van der Waals surface area contributed by atoms with E-state index in [-0.39, 0.29) is 23.7 Å². The van der Waals surface area contributed by atoms with Crippen LogP contribution in [0.5, 0.6) is 0 Å². The fourth-order valence-corrected chi connectivity index (χ4v) is 3.88. The quantitative estimate of drug-likeness (QED) is 0.773. The summed E-state index contributed by atoms with van der Waals surface area (Å²) in [7, 11) is 0. The number of fused-ring (bicyclic) bond motifs is 1. The van der Waals surface area contributed by atoms with Gasteiger partial charge in [0, 0.05) is 6.54 Å². The highest BCUT2D eigenvalue weighted by atomic mass is 16.2. The Morgan fingerprint density at radius 2 is 1.58 bits per heavy atom. The molecule has 0 spiro atoms. The summed E-state index contributed by atoms with van der Waals surface area (Å²) in [6, 6.07) is 0. The molecule has 1 heterocycles. The number of nitrogens with zero attached hydrogens (tertiary/aromatic N) is 1. The van der Waals surface area contributed by atoms with Gasteiger partial charge in [0.05, 0.1) is 17.4 Å². The molecule has 2 amide bonds. The second kappa shape index (κ2) is 5.23. The normalized spacial score (nSPS) is 31.2. The van der Waals surface area contributed by atoms with E-state index < -0.39 is 5.54 Å². The minimum absolute atomic E-state index is 0.0418. The summed E-state index contributed by atoms with van der Waals surface area (Å²) in [5.74, 6) is 0.490. The first-order valence-corrected chi connectivity index (χ1v) is 7.62. The van der Waals surface area contributed by atoms with Gasteiger partial charge < -0.3 is 5.73 Å². The molecule has 0 radical (unpaired) electrons. The third-order valence-electron chi connectivity index (χ3n) is 5.48. The van der Waals surface area contributed by atoms with Gasteiger partial charge in [-0.05, 0) is 31.6 Å². The van der Waals surface area contributed by atoms with Crippen molar-refractivity contribution in [1.29, 1.82) is 0 Å². The van der Waals surface area contributed by atoms with E-state index in [1.807, 2.05) is 13.8 Å². The molecule has 1 aliphatic heterocycles. The molecule has 2 atom stereocenters. The van der Waals surface area contributed by atoms with Gasteiger partial charge in [0.1, 0.15) is 0 Å². The summed E-state index contributed by atoms with van der Waals surface area (Å²) in [5, 5.41) is 0. The Labute approximate surface area is 115 Å². The molecule has 2 fully saturated rings. The highest BCUT2D eigenvalue weighted by molar-refractivity contribution is 6.06. The van der Waals surface area contributed by atoms with Crippen molar-refractivity contribution >= 4 is 11.8 Å². The molecule has 2 N–H and O–H groups in total.